The summed E-state index contributed by atoms with van der Waals surface area (Å²) in [7, 11) is 1.39. The van der Waals surface area contributed by atoms with Gasteiger partial charge in [0.25, 0.3) is 0 Å². The lowest BCUT2D eigenvalue weighted by Crippen LogP contribution is -2.43. The fourth-order valence-electron chi connectivity index (χ4n) is 2.88. The van der Waals surface area contributed by atoms with Gasteiger partial charge in [0.15, 0.2) is 0 Å². The van der Waals surface area contributed by atoms with Crippen LogP contribution in [0.3, 0.4) is 0 Å². The molecule has 0 aliphatic carbocycles. The van der Waals surface area contributed by atoms with E-state index in [4.69, 9.17) is 9.47 Å². The van der Waals surface area contributed by atoms with E-state index in [1.807, 2.05) is 20.8 Å². The van der Waals surface area contributed by atoms with Crippen molar-refractivity contribution in [1.29, 1.82) is 0 Å². The molecule has 0 aromatic heterocycles. The van der Waals surface area contributed by atoms with Gasteiger partial charge in [-0.3, -0.25) is 4.79 Å². The fourth-order valence-corrected chi connectivity index (χ4v) is 2.88. The van der Waals surface area contributed by atoms with Crippen molar-refractivity contribution in [2.45, 2.75) is 26.4 Å². The molecule has 2 rings (SSSR count). The molecule has 0 bridgehead atoms. The van der Waals surface area contributed by atoms with Crippen molar-refractivity contribution < 1.29 is 19.1 Å². The molecule has 2 atom stereocenters. The van der Waals surface area contributed by atoms with Crippen LogP contribution in [-0.2, 0) is 14.3 Å². The van der Waals surface area contributed by atoms with Gasteiger partial charge < -0.3 is 19.7 Å². The van der Waals surface area contributed by atoms with Crippen molar-refractivity contribution >= 4 is 12.1 Å². The van der Waals surface area contributed by atoms with Gasteiger partial charge in [-0.15, -0.1) is 0 Å². The lowest BCUT2D eigenvalue weighted by Gasteiger charge is -2.26. The van der Waals surface area contributed by atoms with Crippen LogP contribution in [0.15, 0.2) is 0 Å². The summed E-state index contributed by atoms with van der Waals surface area (Å²) in [6.07, 6.45) is -0.356. The Labute approximate surface area is 113 Å². The van der Waals surface area contributed by atoms with Crippen molar-refractivity contribution in [2.75, 3.05) is 33.3 Å². The average Bonchev–Trinajstić information content (AvgIpc) is 2.82. The molecule has 108 valence electrons. The number of ether oxygens (including phenoxy) is 2. The van der Waals surface area contributed by atoms with E-state index >= 15 is 0 Å². The summed E-state index contributed by atoms with van der Waals surface area (Å²) in [6, 6.07) is 0. The highest BCUT2D eigenvalue weighted by Crippen LogP contribution is 2.40. The molecule has 0 aromatic rings. The predicted octanol–water partition coefficient (Wildman–Crippen LogP) is 0.616. The number of hydrogen-bond donors (Lipinski definition) is 1. The first-order valence-electron chi connectivity index (χ1n) is 6.55. The van der Waals surface area contributed by atoms with Gasteiger partial charge in [0, 0.05) is 32.1 Å². The molecule has 0 radical (unpaired) electrons. The van der Waals surface area contributed by atoms with E-state index in [0.717, 1.165) is 6.54 Å². The van der Waals surface area contributed by atoms with Gasteiger partial charge in [0.1, 0.15) is 11.0 Å². The Kier molecular flexibility index (Phi) is 3.47. The summed E-state index contributed by atoms with van der Waals surface area (Å²) < 4.78 is 10.3. The second kappa shape index (κ2) is 4.67. The van der Waals surface area contributed by atoms with Crippen LogP contribution in [0.25, 0.3) is 0 Å². The van der Waals surface area contributed by atoms with Crippen LogP contribution in [0.2, 0.25) is 0 Å². The summed E-state index contributed by atoms with van der Waals surface area (Å²) in [6.45, 7) is 7.69. The van der Waals surface area contributed by atoms with E-state index in [9.17, 15) is 9.59 Å². The van der Waals surface area contributed by atoms with Crippen LogP contribution in [0, 0.1) is 11.3 Å². The fraction of sp³-hybridized carbons (Fsp3) is 0.846. The number of rotatable bonds is 1. The minimum absolute atomic E-state index is 0.104. The molecule has 2 aliphatic heterocycles. The maximum atomic E-state index is 12.1. The molecule has 0 unspecified atom stereocenters. The third-order valence-corrected chi connectivity index (χ3v) is 3.77. The van der Waals surface area contributed by atoms with Gasteiger partial charge in [-0.25, -0.2) is 4.79 Å². The largest absolute Gasteiger partial charge is 0.468 e. The van der Waals surface area contributed by atoms with E-state index in [2.05, 4.69) is 5.32 Å². The summed E-state index contributed by atoms with van der Waals surface area (Å²) in [5.74, 6) is -0.138. The van der Waals surface area contributed by atoms with Gasteiger partial charge in [-0.1, -0.05) is 0 Å². The van der Waals surface area contributed by atoms with Gasteiger partial charge in [0.05, 0.1) is 7.11 Å². The highest BCUT2D eigenvalue weighted by Gasteiger charge is 2.57. The third kappa shape index (κ3) is 2.54. The van der Waals surface area contributed by atoms with E-state index in [0.29, 0.717) is 19.6 Å². The lowest BCUT2D eigenvalue weighted by atomic mass is 9.81. The quantitative estimate of drug-likeness (QED) is 0.707. The number of carbonyl (C=O) groups is 2. The molecule has 1 N–H and O–H groups in total. The van der Waals surface area contributed by atoms with E-state index in [-0.39, 0.29) is 18.0 Å². The Balaban J connectivity index is 2.09. The monoisotopic (exact) mass is 270 g/mol. The molecule has 19 heavy (non-hydrogen) atoms. The number of nitrogens with one attached hydrogen (secondary N) is 1. The second-order valence-electron chi connectivity index (χ2n) is 6.34. The van der Waals surface area contributed by atoms with E-state index < -0.39 is 11.0 Å². The predicted molar refractivity (Wildman–Crippen MR) is 68.6 cm³/mol. The minimum atomic E-state index is -0.606. The zero-order valence-electron chi connectivity index (χ0n) is 12.0. The standard InChI is InChI=1S/C13H22N2O4/c1-12(2,3)19-11(17)15-6-9-5-14-7-13(9,8-15)10(16)18-4/h9,14H,5-8H2,1-4H3/t9-,13-/m0/s1. The smallest absolute Gasteiger partial charge is 0.410 e. The van der Waals surface area contributed by atoms with Crippen LogP contribution in [-0.4, -0.2) is 55.9 Å². The highest BCUT2D eigenvalue weighted by molar-refractivity contribution is 5.81. The molecule has 2 heterocycles. The van der Waals surface area contributed by atoms with Crippen molar-refractivity contribution in [1.82, 2.24) is 10.2 Å². The molecule has 2 aliphatic rings. The summed E-state index contributed by atoms with van der Waals surface area (Å²) in [5, 5.41) is 3.21. The molecule has 2 saturated heterocycles. The molecule has 0 aromatic carbocycles. The van der Waals surface area contributed by atoms with Gasteiger partial charge >= 0.3 is 12.1 Å². The van der Waals surface area contributed by atoms with Crippen LogP contribution in [0.1, 0.15) is 20.8 Å². The van der Waals surface area contributed by atoms with E-state index in [1.165, 1.54) is 7.11 Å². The van der Waals surface area contributed by atoms with Gasteiger partial charge in [0.2, 0.25) is 0 Å². The number of esters is 1. The zero-order valence-corrected chi connectivity index (χ0v) is 12.0. The first-order chi connectivity index (χ1) is 8.78. The maximum Gasteiger partial charge on any atom is 0.410 e. The summed E-state index contributed by atoms with van der Waals surface area (Å²) >= 11 is 0. The van der Waals surface area contributed by atoms with Crippen molar-refractivity contribution in [3.05, 3.63) is 0 Å². The molecule has 6 heteroatoms. The Morgan fingerprint density at radius 1 is 1.37 bits per heavy atom. The normalized spacial score (nSPS) is 30.1. The number of hydrogen-bond acceptors (Lipinski definition) is 5. The molecule has 2 fully saturated rings. The molecule has 6 nitrogen and oxygen atoms in total. The van der Waals surface area contributed by atoms with Gasteiger partial charge in [-0.2, -0.15) is 0 Å². The SMILES string of the molecule is COC(=O)[C@]12CNC[C@H]1CN(C(=O)OC(C)(C)C)C2. The molecule has 0 saturated carbocycles. The zero-order chi connectivity index (χ0) is 14.3. The van der Waals surface area contributed by atoms with Crippen LogP contribution >= 0.6 is 0 Å². The number of likely N-dealkylation sites (tertiary alicyclic amines) is 1. The maximum absolute atomic E-state index is 12.1. The van der Waals surface area contributed by atoms with Crippen LogP contribution in [0.4, 0.5) is 4.79 Å². The highest BCUT2D eigenvalue weighted by atomic mass is 16.6. The Bertz CT molecular complexity index is 391. The van der Waals surface area contributed by atoms with E-state index in [1.54, 1.807) is 4.90 Å². The molecular formula is C13H22N2O4. The third-order valence-electron chi connectivity index (χ3n) is 3.77. The summed E-state index contributed by atoms with van der Waals surface area (Å²) in [4.78, 5) is 25.7. The van der Waals surface area contributed by atoms with Crippen LogP contribution in [0.5, 0.6) is 0 Å². The second-order valence-corrected chi connectivity index (χ2v) is 6.34. The Hall–Kier alpha value is -1.30. The number of methoxy groups -OCH3 is 1. The van der Waals surface area contributed by atoms with Crippen LogP contribution < -0.4 is 5.32 Å². The van der Waals surface area contributed by atoms with Crippen molar-refractivity contribution in [3.63, 3.8) is 0 Å². The Morgan fingerprint density at radius 3 is 2.63 bits per heavy atom. The lowest BCUT2D eigenvalue weighted by molar-refractivity contribution is -0.152. The topological polar surface area (TPSA) is 67.9 Å². The summed E-state index contributed by atoms with van der Waals surface area (Å²) in [5.41, 5.74) is -1.13. The molecule has 0 spiro atoms. The first-order valence-corrected chi connectivity index (χ1v) is 6.55. The Morgan fingerprint density at radius 2 is 2.05 bits per heavy atom. The first kappa shape index (κ1) is 14.1. The number of carbonyl (C=O) groups excluding carboxylic acids is 2. The minimum Gasteiger partial charge on any atom is -0.468 e. The average molecular weight is 270 g/mol. The van der Waals surface area contributed by atoms with Crippen molar-refractivity contribution in [3.8, 4) is 0 Å². The molecule has 1 amide bonds. The van der Waals surface area contributed by atoms with Crippen molar-refractivity contribution in [2.24, 2.45) is 11.3 Å². The number of fused-ring (bicyclic) bond motifs is 1. The number of amides is 1. The van der Waals surface area contributed by atoms with Gasteiger partial charge in [-0.05, 0) is 20.8 Å². The molecular weight excluding hydrogens is 248 g/mol. The number of nitrogens with zero attached hydrogens (tertiary/aromatic N) is 1.